The molecule has 0 aromatic carbocycles. The largest absolute Gasteiger partial charge is 0.381 e. The molecule has 1 aromatic rings. The van der Waals surface area contributed by atoms with Crippen LogP contribution in [0.2, 0.25) is 0 Å². The van der Waals surface area contributed by atoms with Crippen molar-refractivity contribution in [1.82, 2.24) is 9.97 Å². The minimum absolute atomic E-state index is 0.826. The van der Waals surface area contributed by atoms with E-state index in [1.165, 1.54) is 12.8 Å². The number of ether oxygens (including phenoxy) is 1. The number of anilines is 2. The molecule has 5 nitrogen and oxygen atoms in total. The van der Waals surface area contributed by atoms with Crippen LogP contribution in [0.5, 0.6) is 0 Å². The predicted molar refractivity (Wildman–Crippen MR) is 68.2 cm³/mol. The Balaban J connectivity index is 1.56. The molecule has 0 saturated heterocycles. The van der Waals surface area contributed by atoms with Gasteiger partial charge < -0.3 is 15.4 Å². The molecule has 2 N–H and O–H groups in total. The maximum atomic E-state index is 5.56. The predicted octanol–water partition coefficient (Wildman–Crippen LogP) is 1.75. The van der Waals surface area contributed by atoms with Gasteiger partial charge in [0.1, 0.15) is 18.0 Å². The first-order chi connectivity index (χ1) is 8.38. The van der Waals surface area contributed by atoms with Crippen molar-refractivity contribution in [3.63, 3.8) is 0 Å². The van der Waals surface area contributed by atoms with Crippen molar-refractivity contribution >= 4 is 11.6 Å². The van der Waals surface area contributed by atoms with Gasteiger partial charge >= 0.3 is 0 Å². The zero-order valence-electron chi connectivity index (χ0n) is 10.3. The van der Waals surface area contributed by atoms with Crippen LogP contribution in [0.15, 0.2) is 12.4 Å². The van der Waals surface area contributed by atoms with Crippen LogP contribution in [-0.2, 0) is 4.74 Å². The fraction of sp³-hybridized carbons (Fsp3) is 0.667. The normalized spacial score (nSPS) is 14.6. The zero-order valence-corrected chi connectivity index (χ0v) is 10.3. The summed E-state index contributed by atoms with van der Waals surface area (Å²) in [6.07, 6.45) is 5.27. The Kier molecular flexibility index (Phi) is 4.55. The third kappa shape index (κ3) is 4.56. The molecule has 0 aliphatic heterocycles. The summed E-state index contributed by atoms with van der Waals surface area (Å²) in [7, 11) is 1.85. The van der Waals surface area contributed by atoms with Crippen molar-refractivity contribution in [2.45, 2.75) is 19.3 Å². The van der Waals surface area contributed by atoms with Gasteiger partial charge in [0.15, 0.2) is 0 Å². The Hall–Kier alpha value is -1.36. The summed E-state index contributed by atoms with van der Waals surface area (Å²) in [5, 5.41) is 6.23. The summed E-state index contributed by atoms with van der Waals surface area (Å²) in [4.78, 5) is 8.20. The van der Waals surface area contributed by atoms with Gasteiger partial charge in [0, 0.05) is 32.9 Å². The van der Waals surface area contributed by atoms with Crippen LogP contribution in [0.4, 0.5) is 11.6 Å². The second-order valence-corrected chi connectivity index (χ2v) is 4.34. The molecular weight excluding hydrogens is 216 g/mol. The Labute approximate surface area is 102 Å². The Morgan fingerprint density at radius 3 is 2.94 bits per heavy atom. The lowest BCUT2D eigenvalue weighted by Crippen LogP contribution is -2.08. The van der Waals surface area contributed by atoms with E-state index in [-0.39, 0.29) is 0 Å². The van der Waals surface area contributed by atoms with E-state index in [9.17, 15) is 0 Å². The molecule has 0 spiro atoms. The van der Waals surface area contributed by atoms with E-state index in [1.807, 2.05) is 13.1 Å². The molecule has 1 aromatic heterocycles. The lowest BCUT2D eigenvalue weighted by atomic mass is 10.4. The second kappa shape index (κ2) is 6.39. The second-order valence-electron chi connectivity index (χ2n) is 4.34. The topological polar surface area (TPSA) is 59.1 Å². The molecule has 1 heterocycles. The van der Waals surface area contributed by atoms with Gasteiger partial charge in [-0.2, -0.15) is 0 Å². The molecule has 1 aliphatic carbocycles. The SMILES string of the molecule is CNc1cc(NCCCOCC2CC2)ncn1. The lowest BCUT2D eigenvalue weighted by Gasteiger charge is -2.07. The number of nitrogens with one attached hydrogen (secondary N) is 2. The third-order valence-corrected chi connectivity index (χ3v) is 2.75. The van der Waals surface area contributed by atoms with Crippen LogP contribution >= 0.6 is 0 Å². The first-order valence-electron chi connectivity index (χ1n) is 6.20. The highest BCUT2D eigenvalue weighted by molar-refractivity contribution is 5.45. The van der Waals surface area contributed by atoms with Gasteiger partial charge in [-0.3, -0.25) is 0 Å². The maximum absolute atomic E-state index is 5.56. The Morgan fingerprint density at radius 1 is 1.35 bits per heavy atom. The number of hydrogen-bond donors (Lipinski definition) is 2. The first kappa shape index (κ1) is 12.1. The van der Waals surface area contributed by atoms with Crippen LogP contribution in [0.1, 0.15) is 19.3 Å². The highest BCUT2D eigenvalue weighted by Gasteiger charge is 2.20. The molecule has 0 unspecified atom stereocenters. The number of hydrogen-bond acceptors (Lipinski definition) is 5. The number of rotatable bonds is 8. The van der Waals surface area contributed by atoms with E-state index >= 15 is 0 Å². The fourth-order valence-corrected chi connectivity index (χ4v) is 1.52. The zero-order chi connectivity index (χ0) is 11.9. The van der Waals surface area contributed by atoms with Gasteiger partial charge in [0.25, 0.3) is 0 Å². The van der Waals surface area contributed by atoms with Crippen molar-refractivity contribution in [1.29, 1.82) is 0 Å². The molecule has 1 saturated carbocycles. The van der Waals surface area contributed by atoms with E-state index in [4.69, 9.17) is 4.74 Å². The number of nitrogens with zero attached hydrogens (tertiary/aromatic N) is 2. The Bertz CT molecular complexity index is 341. The molecular formula is C12H20N4O. The molecule has 17 heavy (non-hydrogen) atoms. The monoisotopic (exact) mass is 236 g/mol. The highest BCUT2D eigenvalue weighted by Crippen LogP contribution is 2.28. The van der Waals surface area contributed by atoms with Crippen LogP contribution in [0.25, 0.3) is 0 Å². The first-order valence-corrected chi connectivity index (χ1v) is 6.20. The van der Waals surface area contributed by atoms with Gasteiger partial charge in [-0.05, 0) is 25.2 Å². The van der Waals surface area contributed by atoms with Gasteiger partial charge in [-0.25, -0.2) is 9.97 Å². The summed E-state index contributed by atoms with van der Waals surface area (Å²) >= 11 is 0. The van der Waals surface area contributed by atoms with Crippen LogP contribution in [0, 0.1) is 5.92 Å². The molecule has 0 atom stereocenters. The molecule has 0 bridgehead atoms. The molecule has 1 fully saturated rings. The minimum atomic E-state index is 0.826. The molecule has 5 heteroatoms. The van der Waals surface area contributed by atoms with Crippen LogP contribution in [-0.4, -0.2) is 36.8 Å². The summed E-state index contributed by atoms with van der Waals surface area (Å²) in [5.41, 5.74) is 0. The average Bonchev–Trinajstić information content (AvgIpc) is 3.18. The van der Waals surface area contributed by atoms with E-state index in [0.29, 0.717) is 0 Å². The van der Waals surface area contributed by atoms with Crippen molar-refractivity contribution < 1.29 is 4.74 Å². The molecule has 0 radical (unpaired) electrons. The van der Waals surface area contributed by atoms with Crippen molar-refractivity contribution in [2.24, 2.45) is 5.92 Å². The van der Waals surface area contributed by atoms with Gasteiger partial charge in [-0.1, -0.05) is 0 Å². The van der Waals surface area contributed by atoms with Crippen molar-refractivity contribution in [2.75, 3.05) is 37.4 Å². The Morgan fingerprint density at radius 2 is 2.18 bits per heavy atom. The summed E-state index contributed by atoms with van der Waals surface area (Å²) in [5.74, 6) is 2.53. The van der Waals surface area contributed by atoms with E-state index in [0.717, 1.165) is 43.7 Å². The smallest absolute Gasteiger partial charge is 0.131 e. The maximum Gasteiger partial charge on any atom is 0.131 e. The van der Waals surface area contributed by atoms with E-state index in [2.05, 4.69) is 20.6 Å². The van der Waals surface area contributed by atoms with Crippen LogP contribution in [0.3, 0.4) is 0 Å². The molecule has 1 aliphatic rings. The molecule has 2 rings (SSSR count). The summed E-state index contributed by atoms with van der Waals surface area (Å²) in [6, 6.07) is 1.89. The van der Waals surface area contributed by atoms with E-state index < -0.39 is 0 Å². The standard InChI is InChI=1S/C12H20N4O/c1-13-11-7-12(16-9-15-11)14-5-2-6-17-8-10-3-4-10/h7,9-10H,2-6,8H2,1H3,(H2,13,14,15,16). The molecule has 94 valence electrons. The third-order valence-electron chi connectivity index (χ3n) is 2.75. The van der Waals surface area contributed by atoms with E-state index in [1.54, 1.807) is 6.33 Å². The molecule has 0 amide bonds. The lowest BCUT2D eigenvalue weighted by molar-refractivity contribution is 0.124. The number of aromatic nitrogens is 2. The van der Waals surface area contributed by atoms with Gasteiger partial charge in [0.2, 0.25) is 0 Å². The van der Waals surface area contributed by atoms with Crippen LogP contribution < -0.4 is 10.6 Å². The fourth-order valence-electron chi connectivity index (χ4n) is 1.52. The average molecular weight is 236 g/mol. The summed E-state index contributed by atoms with van der Waals surface area (Å²) in [6.45, 7) is 2.65. The van der Waals surface area contributed by atoms with Gasteiger partial charge in [0.05, 0.1) is 0 Å². The quantitative estimate of drug-likeness (QED) is 0.673. The van der Waals surface area contributed by atoms with Gasteiger partial charge in [-0.15, -0.1) is 0 Å². The van der Waals surface area contributed by atoms with Crippen molar-refractivity contribution in [3.8, 4) is 0 Å². The minimum Gasteiger partial charge on any atom is -0.381 e. The summed E-state index contributed by atoms with van der Waals surface area (Å²) < 4.78 is 5.56. The highest BCUT2D eigenvalue weighted by atomic mass is 16.5. The van der Waals surface area contributed by atoms with Crippen molar-refractivity contribution in [3.05, 3.63) is 12.4 Å².